The lowest BCUT2D eigenvalue weighted by Gasteiger charge is -2.14. The molecule has 1 aliphatic rings. The number of halogens is 2. The van der Waals surface area contributed by atoms with Crippen LogP contribution in [-0.2, 0) is 26.0 Å². The van der Waals surface area contributed by atoms with Crippen LogP contribution in [0.3, 0.4) is 0 Å². The van der Waals surface area contributed by atoms with Gasteiger partial charge in [0.15, 0.2) is 0 Å². The molecule has 3 rings (SSSR count). The first-order valence-corrected chi connectivity index (χ1v) is 11.5. The fraction of sp³-hybridized carbons (Fsp3) is 0.333. The van der Waals surface area contributed by atoms with Crippen LogP contribution >= 0.6 is 0 Å². The average molecular weight is 483 g/mol. The van der Waals surface area contributed by atoms with E-state index in [1.807, 2.05) is 0 Å². The van der Waals surface area contributed by atoms with E-state index in [2.05, 4.69) is 15.4 Å². The van der Waals surface area contributed by atoms with E-state index in [1.165, 1.54) is 30.3 Å². The van der Waals surface area contributed by atoms with Crippen LogP contribution in [0.25, 0.3) is 0 Å². The Morgan fingerprint density at radius 1 is 1.21 bits per heavy atom. The second kappa shape index (κ2) is 10.7. The number of carbonyl (C=O) groups excluding carboxylic acids is 2. The van der Waals surface area contributed by atoms with Crippen LogP contribution < -0.4 is 20.5 Å². The van der Waals surface area contributed by atoms with Crippen molar-refractivity contribution in [3.05, 3.63) is 53.6 Å². The highest BCUT2D eigenvalue weighted by Crippen LogP contribution is 2.23. The second-order valence-corrected chi connectivity index (χ2v) is 8.94. The number of carbonyl (C=O) groups is 2. The highest BCUT2D eigenvalue weighted by atomic mass is 32.2. The van der Waals surface area contributed by atoms with E-state index in [1.54, 1.807) is 6.07 Å². The van der Waals surface area contributed by atoms with Crippen LogP contribution in [0.4, 0.5) is 14.5 Å². The number of sulfonamides is 1. The number of rotatable bonds is 9. The van der Waals surface area contributed by atoms with E-state index in [0.29, 0.717) is 19.8 Å². The first kappa shape index (κ1) is 24.6. The van der Waals surface area contributed by atoms with Gasteiger partial charge in [-0.15, -0.1) is 0 Å². The highest BCUT2D eigenvalue weighted by molar-refractivity contribution is 7.89. The Kier molecular flexibility index (Phi) is 7.95. The predicted octanol–water partition coefficient (Wildman–Crippen LogP) is 1.88. The summed E-state index contributed by atoms with van der Waals surface area (Å²) in [5.74, 6) is -1.24. The summed E-state index contributed by atoms with van der Waals surface area (Å²) in [4.78, 5) is 24.5. The molecule has 0 bridgehead atoms. The van der Waals surface area contributed by atoms with Gasteiger partial charge in [-0.2, -0.15) is 8.78 Å². The van der Waals surface area contributed by atoms with Gasteiger partial charge in [-0.1, -0.05) is 18.2 Å². The van der Waals surface area contributed by atoms with Crippen molar-refractivity contribution in [3.63, 3.8) is 0 Å². The normalized spacial score (nSPS) is 15.9. The van der Waals surface area contributed by atoms with Gasteiger partial charge in [0.25, 0.3) is 5.91 Å². The molecule has 2 aromatic rings. The number of hydrogen-bond donors (Lipinski definition) is 3. The fourth-order valence-corrected chi connectivity index (χ4v) is 4.10. The SMILES string of the molecule is NS(=O)(=O)c1cc(NC(=O)Cc2ccccc2OC(F)F)ccc1C(=O)NCC1CCOC1. The molecule has 1 unspecified atom stereocenters. The van der Waals surface area contributed by atoms with Crippen molar-refractivity contribution < 1.29 is 36.3 Å². The minimum Gasteiger partial charge on any atom is -0.435 e. The molecule has 0 radical (unpaired) electrons. The van der Waals surface area contributed by atoms with Crippen LogP contribution in [0.5, 0.6) is 5.75 Å². The molecule has 0 saturated carbocycles. The van der Waals surface area contributed by atoms with Crippen molar-refractivity contribution in [3.8, 4) is 5.75 Å². The van der Waals surface area contributed by atoms with Crippen molar-refractivity contribution >= 4 is 27.5 Å². The molecule has 0 aromatic heterocycles. The molecule has 1 aliphatic heterocycles. The molecule has 178 valence electrons. The molecule has 1 saturated heterocycles. The summed E-state index contributed by atoms with van der Waals surface area (Å²) in [5, 5.41) is 10.4. The molecular formula is C21H23F2N3O6S. The molecule has 12 heteroatoms. The van der Waals surface area contributed by atoms with Crippen LogP contribution in [0, 0.1) is 5.92 Å². The summed E-state index contributed by atoms with van der Waals surface area (Å²) in [6, 6.07) is 9.47. The monoisotopic (exact) mass is 483 g/mol. The molecular weight excluding hydrogens is 460 g/mol. The summed E-state index contributed by atoms with van der Waals surface area (Å²) in [5.41, 5.74) is 0.121. The van der Waals surface area contributed by atoms with Gasteiger partial charge in [0, 0.05) is 30.3 Å². The van der Waals surface area contributed by atoms with Crippen molar-refractivity contribution in [2.75, 3.05) is 25.1 Å². The Balaban J connectivity index is 1.73. The lowest BCUT2D eigenvalue weighted by Crippen LogP contribution is -2.31. The summed E-state index contributed by atoms with van der Waals surface area (Å²) in [6.45, 7) is -1.61. The first-order chi connectivity index (χ1) is 15.6. The maximum absolute atomic E-state index is 12.6. The molecule has 4 N–H and O–H groups in total. The third-order valence-corrected chi connectivity index (χ3v) is 5.88. The topological polar surface area (TPSA) is 137 Å². The van der Waals surface area contributed by atoms with Crippen LogP contribution in [0.1, 0.15) is 22.3 Å². The number of anilines is 1. The Labute approximate surface area is 189 Å². The zero-order valence-electron chi connectivity index (χ0n) is 17.4. The molecule has 1 fully saturated rings. The molecule has 33 heavy (non-hydrogen) atoms. The summed E-state index contributed by atoms with van der Waals surface area (Å²) in [7, 11) is -4.29. The third-order valence-electron chi connectivity index (χ3n) is 4.93. The Hall–Kier alpha value is -3.09. The van der Waals surface area contributed by atoms with Crippen LogP contribution in [0.2, 0.25) is 0 Å². The molecule has 0 aliphatic carbocycles. The maximum Gasteiger partial charge on any atom is 0.387 e. The van der Waals surface area contributed by atoms with Crippen LogP contribution in [0.15, 0.2) is 47.4 Å². The Morgan fingerprint density at radius 2 is 1.97 bits per heavy atom. The minimum absolute atomic E-state index is 0.0667. The maximum atomic E-state index is 12.6. The zero-order chi connectivity index (χ0) is 24.0. The molecule has 1 heterocycles. The number of primary sulfonamides is 1. The van der Waals surface area contributed by atoms with Crippen LogP contribution in [-0.4, -0.2) is 46.6 Å². The average Bonchev–Trinajstić information content (AvgIpc) is 3.26. The number of benzene rings is 2. The van der Waals surface area contributed by atoms with Crippen molar-refractivity contribution in [2.45, 2.75) is 24.3 Å². The van der Waals surface area contributed by atoms with Gasteiger partial charge in [0.2, 0.25) is 15.9 Å². The number of hydrogen-bond acceptors (Lipinski definition) is 6. The number of amides is 2. The van der Waals surface area contributed by atoms with Gasteiger partial charge < -0.3 is 20.1 Å². The Morgan fingerprint density at radius 3 is 2.64 bits per heavy atom. The van der Waals surface area contributed by atoms with Gasteiger partial charge >= 0.3 is 6.61 Å². The fourth-order valence-electron chi connectivity index (χ4n) is 3.34. The van der Waals surface area contributed by atoms with Gasteiger partial charge in [0.05, 0.1) is 23.5 Å². The third kappa shape index (κ3) is 6.94. The van der Waals surface area contributed by atoms with E-state index in [9.17, 15) is 26.8 Å². The molecule has 2 amide bonds. The van der Waals surface area contributed by atoms with Gasteiger partial charge in [0.1, 0.15) is 5.75 Å². The Bertz CT molecular complexity index is 1120. The van der Waals surface area contributed by atoms with Crippen molar-refractivity contribution in [1.29, 1.82) is 0 Å². The number of nitrogens with two attached hydrogens (primary N) is 1. The lowest BCUT2D eigenvalue weighted by atomic mass is 10.1. The lowest BCUT2D eigenvalue weighted by molar-refractivity contribution is -0.115. The quantitative estimate of drug-likeness (QED) is 0.498. The molecule has 1 atom stereocenters. The summed E-state index contributed by atoms with van der Waals surface area (Å²) >= 11 is 0. The van der Waals surface area contributed by atoms with E-state index >= 15 is 0 Å². The van der Waals surface area contributed by atoms with Gasteiger partial charge in [-0.3, -0.25) is 9.59 Å². The van der Waals surface area contributed by atoms with Crippen molar-refractivity contribution in [2.24, 2.45) is 11.1 Å². The summed E-state index contributed by atoms with van der Waals surface area (Å²) in [6.07, 6.45) is 0.484. The van der Waals surface area contributed by atoms with Gasteiger partial charge in [-0.05, 0) is 30.7 Å². The largest absolute Gasteiger partial charge is 0.435 e. The molecule has 2 aromatic carbocycles. The van der Waals surface area contributed by atoms with Gasteiger partial charge in [-0.25, -0.2) is 13.6 Å². The zero-order valence-corrected chi connectivity index (χ0v) is 18.2. The smallest absolute Gasteiger partial charge is 0.387 e. The predicted molar refractivity (Wildman–Crippen MR) is 114 cm³/mol. The highest BCUT2D eigenvalue weighted by Gasteiger charge is 2.23. The van der Waals surface area contributed by atoms with Crippen molar-refractivity contribution in [1.82, 2.24) is 5.32 Å². The minimum atomic E-state index is -4.29. The number of nitrogens with one attached hydrogen (secondary N) is 2. The van der Waals surface area contributed by atoms with E-state index < -0.39 is 33.3 Å². The molecule has 9 nitrogen and oxygen atoms in total. The number of para-hydroxylation sites is 1. The number of alkyl halides is 2. The first-order valence-electron chi connectivity index (χ1n) is 9.99. The standard InChI is InChI=1S/C21H23F2N3O6S/c22-21(23)32-17-4-2-1-3-14(17)9-19(27)26-15-5-6-16(18(10-15)33(24,29)30)20(28)25-11-13-7-8-31-12-13/h1-6,10,13,21H,7-9,11-12H2,(H,25,28)(H,26,27)(H2,24,29,30). The second-order valence-electron chi connectivity index (χ2n) is 7.41. The van der Waals surface area contributed by atoms with E-state index in [-0.39, 0.29) is 34.9 Å². The molecule has 0 spiro atoms. The summed E-state index contributed by atoms with van der Waals surface area (Å²) < 4.78 is 58.9. The number of ether oxygens (including phenoxy) is 2. The van der Waals surface area contributed by atoms with E-state index in [4.69, 9.17) is 9.88 Å². The van der Waals surface area contributed by atoms with E-state index in [0.717, 1.165) is 12.5 Å².